The monoisotopic (exact) mass is 448 g/mol. The Labute approximate surface area is 180 Å². The molecular weight excluding hydrogens is 424 g/mol. The summed E-state index contributed by atoms with van der Waals surface area (Å²) in [6, 6.07) is 9.97. The minimum atomic E-state index is -3.68. The topological polar surface area (TPSA) is 99.7 Å². The van der Waals surface area contributed by atoms with Crippen LogP contribution in [0.15, 0.2) is 46.2 Å². The normalized spacial score (nSPS) is 14.0. The number of rotatable bonds is 7. The fraction of sp³-hybridized carbons (Fsp3) is 0.350. The Morgan fingerprint density at radius 1 is 1.23 bits per heavy atom. The lowest BCUT2D eigenvalue weighted by atomic mass is 10.2. The highest BCUT2D eigenvalue weighted by Crippen LogP contribution is 2.37. The summed E-state index contributed by atoms with van der Waals surface area (Å²) in [6.07, 6.45) is 0. The van der Waals surface area contributed by atoms with Gasteiger partial charge in [0, 0.05) is 23.7 Å². The highest BCUT2D eigenvalue weighted by molar-refractivity contribution is 8.00. The van der Waals surface area contributed by atoms with Crippen LogP contribution in [0.2, 0.25) is 0 Å². The molecule has 1 aliphatic heterocycles. The molecule has 160 valence electrons. The first-order valence-corrected chi connectivity index (χ1v) is 12.0. The van der Waals surface area contributed by atoms with Crippen molar-refractivity contribution in [2.45, 2.75) is 30.6 Å². The number of hydrogen-bond donors (Lipinski definition) is 1. The van der Waals surface area contributed by atoms with Crippen LogP contribution in [0.5, 0.6) is 0 Å². The van der Waals surface area contributed by atoms with Crippen LogP contribution in [-0.4, -0.2) is 54.9 Å². The van der Waals surface area contributed by atoms with Gasteiger partial charge in [0.1, 0.15) is 12.4 Å². The van der Waals surface area contributed by atoms with Gasteiger partial charge in [-0.1, -0.05) is 19.9 Å². The van der Waals surface area contributed by atoms with Crippen molar-refractivity contribution in [1.82, 2.24) is 9.29 Å². The number of aromatic nitrogens is 1. The van der Waals surface area contributed by atoms with Crippen molar-refractivity contribution in [3.8, 4) is 0 Å². The molecule has 3 rings (SSSR count). The molecule has 30 heavy (non-hydrogen) atoms. The van der Waals surface area contributed by atoms with Gasteiger partial charge in [0.2, 0.25) is 21.8 Å². The average Bonchev–Trinajstić information content (AvgIpc) is 2.70. The predicted octanol–water partition coefficient (Wildman–Crippen LogP) is 2.50. The molecule has 1 aromatic heterocycles. The zero-order chi connectivity index (χ0) is 21.9. The zero-order valence-electron chi connectivity index (χ0n) is 17.1. The average molecular weight is 449 g/mol. The van der Waals surface area contributed by atoms with Crippen LogP contribution in [-0.2, 0) is 19.6 Å². The van der Waals surface area contributed by atoms with Crippen LogP contribution in [0.4, 0.5) is 11.5 Å². The molecule has 0 saturated carbocycles. The summed E-state index contributed by atoms with van der Waals surface area (Å²) >= 11 is 1.33. The molecule has 0 fully saturated rings. The number of carbonyl (C=O) groups excluding carboxylic acids is 2. The zero-order valence-corrected chi connectivity index (χ0v) is 18.7. The van der Waals surface area contributed by atoms with Crippen LogP contribution >= 0.6 is 11.8 Å². The lowest BCUT2D eigenvalue weighted by molar-refractivity contribution is -0.120. The first-order valence-electron chi connectivity index (χ1n) is 9.57. The molecule has 2 aromatic rings. The molecule has 8 nitrogen and oxygen atoms in total. The summed E-state index contributed by atoms with van der Waals surface area (Å²) in [5, 5.41) is 2.69. The third-order valence-corrected chi connectivity index (χ3v) is 7.77. The van der Waals surface area contributed by atoms with Crippen LogP contribution < -0.4 is 10.2 Å². The quantitative estimate of drug-likeness (QED) is 0.699. The standard InChI is InChI=1S/C20H24N4O4S2/c1-4-23(5-2)30(27,28)15-9-10-17-16(11-15)24(20(26)13-29-17)12-19(25)22-18-8-6-7-14(3)21-18/h6-11H,4-5,12-13H2,1-3H3,(H,21,22,25). The number of benzene rings is 1. The molecule has 1 N–H and O–H groups in total. The van der Waals surface area contributed by atoms with E-state index in [1.54, 1.807) is 38.1 Å². The summed E-state index contributed by atoms with van der Waals surface area (Å²) in [6.45, 7) is 5.83. The number of aryl methyl sites for hydroxylation is 1. The van der Waals surface area contributed by atoms with Crippen LogP contribution in [0, 0.1) is 6.92 Å². The maximum absolute atomic E-state index is 12.9. The van der Waals surface area contributed by atoms with Crippen LogP contribution in [0.3, 0.4) is 0 Å². The number of nitrogens with one attached hydrogen (secondary N) is 1. The Balaban J connectivity index is 1.89. The Kier molecular flexibility index (Phi) is 6.79. The molecule has 0 radical (unpaired) electrons. The van der Waals surface area contributed by atoms with Crippen molar-refractivity contribution in [3.05, 3.63) is 42.1 Å². The Morgan fingerprint density at radius 3 is 2.63 bits per heavy atom. The smallest absolute Gasteiger partial charge is 0.245 e. The maximum Gasteiger partial charge on any atom is 0.245 e. The number of fused-ring (bicyclic) bond motifs is 1. The second-order valence-corrected chi connectivity index (χ2v) is 9.65. The van der Waals surface area contributed by atoms with E-state index in [4.69, 9.17) is 0 Å². The van der Waals surface area contributed by atoms with E-state index in [9.17, 15) is 18.0 Å². The Bertz CT molecular complexity index is 1070. The number of amides is 2. The summed E-state index contributed by atoms with van der Waals surface area (Å²) in [5.74, 6) is -0.0732. The predicted molar refractivity (Wildman–Crippen MR) is 117 cm³/mol. The molecule has 0 spiro atoms. The Morgan fingerprint density at radius 2 is 1.97 bits per heavy atom. The van der Waals surface area contributed by atoms with Crippen molar-refractivity contribution in [2.24, 2.45) is 0 Å². The van der Waals surface area contributed by atoms with Gasteiger partial charge in [-0.25, -0.2) is 13.4 Å². The number of carbonyl (C=O) groups is 2. The number of pyridine rings is 1. The highest BCUT2D eigenvalue weighted by atomic mass is 32.2. The van der Waals surface area contributed by atoms with Gasteiger partial charge in [-0.2, -0.15) is 4.31 Å². The molecule has 0 aliphatic carbocycles. The third-order valence-electron chi connectivity index (χ3n) is 4.67. The van der Waals surface area contributed by atoms with Gasteiger partial charge in [-0.15, -0.1) is 11.8 Å². The van der Waals surface area contributed by atoms with E-state index in [1.165, 1.54) is 27.0 Å². The van der Waals surface area contributed by atoms with Crippen molar-refractivity contribution in [1.29, 1.82) is 0 Å². The van der Waals surface area contributed by atoms with Gasteiger partial charge in [0.05, 0.1) is 16.3 Å². The molecule has 0 unspecified atom stereocenters. The fourth-order valence-electron chi connectivity index (χ4n) is 3.17. The molecular formula is C20H24N4O4S2. The highest BCUT2D eigenvalue weighted by Gasteiger charge is 2.30. The van der Waals surface area contributed by atoms with Crippen LogP contribution in [0.25, 0.3) is 0 Å². The van der Waals surface area contributed by atoms with Crippen molar-refractivity contribution in [2.75, 3.05) is 35.6 Å². The summed E-state index contributed by atoms with van der Waals surface area (Å²) in [4.78, 5) is 31.5. The molecule has 2 heterocycles. The molecule has 2 amide bonds. The number of nitrogens with zero attached hydrogens (tertiary/aromatic N) is 3. The van der Waals surface area contributed by atoms with Gasteiger partial charge in [-0.05, 0) is 37.3 Å². The molecule has 0 saturated heterocycles. The lowest BCUT2D eigenvalue weighted by Crippen LogP contribution is -2.41. The second kappa shape index (κ2) is 9.15. The van der Waals surface area contributed by atoms with E-state index in [-0.39, 0.29) is 23.1 Å². The van der Waals surface area contributed by atoms with Gasteiger partial charge in [0.15, 0.2) is 0 Å². The minimum Gasteiger partial charge on any atom is -0.309 e. The Hall–Kier alpha value is -2.43. The van der Waals surface area contributed by atoms with Gasteiger partial charge < -0.3 is 10.2 Å². The lowest BCUT2D eigenvalue weighted by Gasteiger charge is -2.29. The van der Waals surface area contributed by atoms with E-state index in [2.05, 4.69) is 10.3 Å². The SMILES string of the molecule is CCN(CC)S(=O)(=O)c1ccc2c(c1)N(CC(=O)Nc1cccc(C)n1)C(=O)CS2. The molecule has 0 atom stereocenters. The van der Waals surface area contributed by atoms with Gasteiger partial charge in [-0.3, -0.25) is 9.59 Å². The first-order chi connectivity index (χ1) is 14.3. The van der Waals surface area contributed by atoms with Gasteiger partial charge in [0.25, 0.3) is 0 Å². The molecule has 10 heteroatoms. The van der Waals surface area contributed by atoms with Crippen LogP contribution in [0.1, 0.15) is 19.5 Å². The number of anilines is 2. The van der Waals surface area contributed by atoms with E-state index >= 15 is 0 Å². The third kappa shape index (κ3) is 4.66. The molecule has 1 aromatic carbocycles. The first kappa shape index (κ1) is 22.3. The number of hydrogen-bond acceptors (Lipinski definition) is 6. The fourth-order valence-corrected chi connectivity index (χ4v) is 5.56. The maximum atomic E-state index is 12.9. The number of thioether (sulfide) groups is 1. The van der Waals surface area contributed by atoms with Crippen molar-refractivity contribution >= 4 is 45.1 Å². The largest absolute Gasteiger partial charge is 0.309 e. The van der Waals surface area contributed by atoms with E-state index in [0.717, 1.165) is 10.6 Å². The van der Waals surface area contributed by atoms with Gasteiger partial charge >= 0.3 is 0 Å². The van der Waals surface area contributed by atoms with Crippen molar-refractivity contribution in [3.63, 3.8) is 0 Å². The summed E-state index contributed by atoms with van der Waals surface area (Å²) in [7, 11) is -3.68. The van der Waals surface area contributed by atoms with E-state index in [1.807, 2.05) is 13.0 Å². The second-order valence-electron chi connectivity index (χ2n) is 6.70. The molecule has 1 aliphatic rings. The minimum absolute atomic E-state index is 0.103. The summed E-state index contributed by atoms with van der Waals surface area (Å²) < 4.78 is 27.1. The van der Waals surface area contributed by atoms with E-state index < -0.39 is 15.9 Å². The summed E-state index contributed by atoms with van der Waals surface area (Å²) in [5.41, 5.74) is 1.19. The molecule has 0 bridgehead atoms. The number of sulfonamides is 1. The van der Waals surface area contributed by atoms with E-state index in [0.29, 0.717) is 24.6 Å². The van der Waals surface area contributed by atoms with Crippen molar-refractivity contribution < 1.29 is 18.0 Å².